The first kappa shape index (κ1) is 33.2. The Morgan fingerprint density at radius 2 is 1.50 bits per heavy atom. The van der Waals surface area contributed by atoms with E-state index in [1.807, 2.05) is 26.2 Å². The van der Waals surface area contributed by atoms with Crippen LogP contribution in [-0.2, 0) is 25.7 Å². The van der Waals surface area contributed by atoms with Crippen LogP contribution in [-0.4, -0.2) is 115 Å². The third-order valence-corrected chi connectivity index (χ3v) is 5.74. The fourth-order valence-corrected chi connectivity index (χ4v) is 3.66. The molecular formula is C22H31F6N3O7. The van der Waals surface area contributed by atoms with E-state index in [1.54, 1.807) is 11.2 Å². The molecule has 16 heteroatoms. The van der Waals surface area contributed by atoms with Gasteiger partial charge in [0.15, 0.2) is 0 Å². The molecule has 0 atom stereocenters. The van der Waals surface area contributed by atoms with E-state index in [0.29, 0.717) is 6.54 Å². The fraction of sp³-hybridized carbons (Fsp3) is 0.682. The van der Waals surface area contributed by atoms with Crippen LogP contribution in [0.2, 0.25) is 0 Å². The first-order valence-corrected chi connectivity index (χ1v) is 11.3. The first-order chi connectivity index (χ1) is 17.4. The summed E-state index contributed by atoms with van der Waals surface area (Å²) in [6.45, 7) is 6.82. The Morgan fingerprint density at radius 3 is 1.92 bits per heavy atom. The number of hydrogen-bond acceptors (Lipinski definition) is 7. The Morgan fingerprint density at radius 1 is 0.974 bits per heavy atom. The number of carboxylic acids is 2. The van der Waals surface area contributed by atoms with Crippen molar-refractivity contribution in [2.24, 2.45) is 5.41 Å². The van der Waals surface area contributed by atoms with Crippen LogP contribution in [0.25, 0.3) is 0 Å². The Bertz CT molecular complexity index is 859. The van der Waals surface area contributed by atoms with Gasteiger partial charge in [-0.05, 0) is 38.1 Å². The molecule has 218 valence electrons. The van der Waals surface area contributed by atoms with Crippen molar-refractivity contribution < 1.29 is 60.1 Å². The maximum absolute atomic E-state index is 12.0. The van der Waals surface area contributed by atoms with Gasteiger partial charge >= 0.3 is 24.3 Å². The van der Waals surface area contributed by atoms with E-state index >= 15 is 0 Å². The fourth-order valence-electron chi connectivity index (χ4n) is 3.66. The Balaban J connectivity index is 0.000000426. The lowest BCUT2D eigenvalue weighted by Gasteiger charge is -2.42. The van der Waals surface area contributed by atoms with Crippen LogP contribution in [0.15, 0.2) is 22.8 Å². The van der Waals surface area contributed by atoms with Crippen molar-refractivity contribution in [3.8, 4) is 0 Å². The highest BCUT2D eigenvalue weighted by atomic mass is 19.4. The summed E-state index contributed by atoms with van der Waals surface area (Å²) in [6.07, 6.45) is -6.21. The molecule has 0 saturated carbocycles. The number of hydrogen-bond donors (Lipinski definition) is 2. The number of halogens is 6. The minimum absolute atomic E-state index is 0.169. The maximum atomic E-state index is 12.0. The molecule has 1 spiro atoms. The van der Waals surface area contributed by atoms with Crippen molar-refractivity contribution in [3.63, 3.8) is 0 Å². The number of carbonyl (C=O) groups excluding carboxylic acids is 1. The van der Waals surface area contributed by atoms with Crippen LogP contribution in [0, 0.1) is 5.41 Å². The van der Waals surface area contributed by atoms with Gasteiger partial charge in [-0.15, -0.1) is 0 Å². The first-order valence-electron chi connectivity index (χ1n) is 11.3. The van der Waals surface area contributed by atoms with E-state index in [9.17, 15) is 31.1 Å². The van der Waals surface area contributed by atoms with E-state index in [0.717, 1.165) is 64.5 Å². The summed E-state index contributed by atoms with van der Waals surface area (Å²) < 4.78 is 74.8. The third-order valence-electron chi connectivity index (χ3n) is 5.74. The lowest BCUT2D eigenvalue weighted by Crippen LogP contribution is -2.48. The summed E-state index contributed by atoms with van der Waals surface area (Å²) in [5.74, 6) is -4.32. The molecule has 0 radical (unpaired) electrons. The number of amides is 1. The minimum Gasteiger partial charge on any atom is -0.475 e. The number of rotatable bonds is 4. The SMILES string of the molecule is CN(C)C(=O)CN1CCOCC2(CCN(Cc3ccco3)CC2)C1.O=C(O)C(F)(F)F.O=C(O)C(F)(F)F. The molecule has 1 aromatic rings. The number of piperidine rings is 1. The summed E-state index contributed by atoms with van der Waals surface area (Å²) in [7, 11) is 3.64. The van der Waals surface area contributed by atoms with Gasteiger partial charge in [0, 0.05) is 32.6 Å². The van der Waals surface area contributed by atoms with E-state index in [-0.39, 0.29) is 11.3 Å². The topological polar surface area (TPSA) is 124 Å². The van der Waals surface area contributed by atoms with Gasteiger partial charge in [0.05, 0.1) is 32.6 Å². The van der Waals surface area contributed by atoms with Crippen molar-refractivity contribution >= 4 is 17.8 Å². The monoisotopic (exact) mass is 563 g/mol. The number of likely N-dealkylation sites (tertiary alicyclic amines) is 1. The quantitative estimate of drug-likeness (QED) is 0.532. The highest BCUT2D eigenvalue weighted by Gasteiger charge is 2.39. The van der Waals surface area contributed by atoms with Crippen molar-refractivity contribution in [2.45, 2.75) is 31.7 Å². The van der Waals surface area contributed by atoms with Crippen LogP contribution >= 0.6 is 0 Å². The van der Waals surface area contributed by atoms with Crippen molar-refractivity contribution in [3.05, 3.63) is 24.2 Å². The van der Waals surface area contributed by atoms with Gasteiger partial charge in [-0.3, -0.25) is 14.6 Å². The number of likely N-dealkylation sites (N-methyl/N-ethyl adjacent to an activating group) is 1. The summed E-state index contributed by atoms with van der Waals surface area (Å²) in [5, 5.41) is 14.2. The molecule has 0 aromatic carbocycles. The zero-order valence-corrected chi connectivity index (χ0v) is 20.8. The molecule has 2 saturated heterocycles. The molecule has 1 aromatic heterocycles. The predicted octanol–water partition coefficient (Wildman–Crippen LogP) is 2.55. The van der Waals surface area contributed by atoms with E-state index in [1.165, 1.54) is 0 Å². The molecule has 2 aliphatic rings. The average Bonchev–Trinajstić information content (AvgIpc) is 3.23. The van der Waals surface area contributed by atoms with Crippen LogP contribution in [0.3, 0.4) is 0 Å². The number of alkyl halides is 6. The molecule has 1 amide bonds. The smallest absolute Gasteiger partial charge is 0.475 e. The number of carbonyl (C=O) groups is 3. The number of aliphatic carboxylic acids is 2. The summed E-state index contributed by atoms with van der Waals surface area (Å²) in [4.78, 5) is 36.2. The zero-order valence-electron chi connectivity index (χ0n) is 20.8. The Kier molecular flexibility index (Phi) is 12.5. The van der Waals surface area contributed by atoms with E-state index < -0.39 is 24.3 Å². The molecule has 38 heavy (non-hydrogen) atoms. The lowest BCUT2D eigenvalue weighted by molar-refractivity contribution is -0.193. The van der Waals surface area contributed by atoms with Gasteiger partial charge in [0.25, 0.3) is 0 Å². The predicted molar refractivity (Wildman–Crippen MR) is 119 cm³/mol. The van der Waals surface area contributed by atoms with Gasteiger partial charge in [0.1, 0.15) is 5.76 Å². The van der Waals surface area contributed by atoms with E-state index in [4.69, 9.17) is 29.0 Å². The van der Waals surface area contributed by atoms with Gasteiger partial charge in [-0.2, -0.15) is 26.3 Å². The number of furan rings is 1. The molecular weight excluding hydrogens is 532 g/mol. The number of ether oxygens (including phenoxy) is 1. The molecule has 0 unspecified atom stereocenters. The zero-order chi connectivity index (χ0) is 29.1. The second kappa shape index (κ2) is 14.3. The summed E-state index contributed by atoms with van der Waals surface area (Å²) in [6, 6.07) is 3.98. The molecule has 0 aliphatic carbocycles. The second-order valence-electron chi connectivity index (χ2n) is 9.01. The molecule has 3 rings (SSSR count). The normalized spacial score (nSPS) is 18.3. The highest BCUT2D eigenvalue weighted by molar-refractivity contribution is 5.77. The third kappa shape index (κ3) is 12.1. The van der Waals surface area contributed by atoms with Crippen LogP contribution < -0.4 is 0 Å². The van der Waals surface area contributed by atoms with Gasteiger partial charge < -0.3 is 24.3 Å². The molecule has 2 N–H and O–H groups in total. The van der Waals surface area contributed by atoms with Crippen molar-refractivity contribution in [1.82, 2.24) is 14.7 Å². The van der Waals surface area contributed by atoms with E-state index in [2.05, 4.69) is 9.80 Å². The van der Waals surface area contributed by atoms with Crippen LogP contribution in [0.1, 0.15) is 18.6 Å². The van der Waals surface area contributed by atoms with Crippen molar-refractivity contribution in [1.29, 1.82) is 0 Å². The second-order valence-corrected chi connectivity index (χ2v) is 9.01. The largest absolute Gasteiger partial charge is 0.490 e. The van der Waals surface area contributed by atoms with Gasteiger partial charge in [-0.25, -0.2) is 9.59 Å². The Labute approximate surface area is 214 Å². The molecule has 10 nitrogen and oxygen atoms in total. The molecule has 0 bridgehead atoms. The van der Waals surface area contributed by atoms with Crippen molar-refractivity contribution in [2.75, 3.05) is 60.0 Å². The number of carboxylic acid groups (broad SMARTS) is 2. The van der Waals surface area contributed by atoms with Crippen LogP contribution in [0.4, 0.5) is 26.3 Å². The van der Waals surface area contributed by atoms with Crippen LogP contribution in [0.5, 0.6) is 0 Å². The van der Waals surface area contributed by atoms with Gasteiger partial charge in [0.2, 0.25) is 5.91 Å². The standard InChI is InChI=1S/C18H29N3O3.2C2HF3O2/c1-19(2)17(22)13-21-9-11-23-15-18(14-21)5-7-20(8-6-18)12-16-4-3-10-24-16;2*3-2(4,5)1(6)7/h3-4,10H,5-9,11-15H2,1-2H3;2*(H,6,7). The summed E-state index contributed by atoms with van der Waals surface area (Å²) in [5.41, 5.74) is 0.183. The molecule has 2 fully saturated rings. The minimum atomic E-state index is -5.08. The summed E-state index contributed by atoms with van der Waals surface area (Å²) >= 11 is 0. The highest BCUT2D eigenvalue weighted by Crippen LogP contribution is 2.34. The van der Waals surface area contributed by atoms with Gasteiger partial charge in [-0.1, -0.05) is 0 Å². The maximum Gasteiger partial charge on any atom is 0.490 e. The average molecular weight is 563 g/mol. The molecule has 3 heterocycles. The molecule has 2 aliphatic heterocycles. The number of nitrogens with zero attached hydrogens (tertiary/aromatic N) is 3. The lowest BCUT2D eigenvalue weighted by atomic mass is 9.78. The Hall–Kier alpha value is -2.85.